The van der Waals surface area contributed by atoms with Gasteiger partial charge in [-0.15, -0.1) is 0 Å². The van der Waals surface area contributed by atoms with Crippen LogP contribution in [0.3, 0.4) is 0 Å². The lowest BCUT2D eigenvalue weighted by molar-refractivity contribution is -0.130. The third-order valence-corrected chi connectivity index (χ3v) is 3.80. The Labute approximate surface area is 93.2 Å². The van der Waals surface area contributed by atoms with Gasteiger partial charge in [-0.2, -0.15) is 0 Å². The minimum atomic E-state index is -0.270. The molecule has 1 fully saturated rings. The van der Waals surface area contributed by atoms with E-state index in [1.807, 2.05) is 14.0 Å². The van der Waals surface area contributed by atoms with Crippen molar-refractivity contribution in [2.24, 2.45) is 5.92 Å². The zero-order valence-electron chi connectivity index (χ0n) is 10.5. The van der Waals surface area contributed by atoms with Gasteiger partial charge in [-0.25, -0.2) is 0 Å². The molecule has 1 amide bonds. The summed E-state index contributed by atoms with van der Waals surface area (Å²) in [5, 5.41) is 3.07. The molecule has 1 saturated heterocycles. The molecule has 0 spiro atoms. The molecule has 1 heterocycles. The topological polar surface area (TPSA) is 32.3 Å². The van der Waals surface area contributed by atoms with Crippen molar-refractivity contribution in [1.82, 2.24) is 10.2 Å². The fourth-order valence-corrected chi connectivity index (χ4v) is 1.99. The Balaban J connectivity index is 2.46. The van der Waals surface area contributed by atoms with E-state index < -0.39 is 0 Å². The van der Waals surface area contributed by atoms with Crippen LogP contribution in [-0.2, 0) is 4.79 Å². The number of amides is 1. The van der Waals surface area contributed by atoms with E-state index in [0.717, 1.165) is 32.4 Å². The van der Waals surface area contributed by atoms with Gasteiger partial charge in [0.2, 0.25) is 5.91 Å². The standard InChI is InChI=1S/C12H24N2O/c1-5-10(2)9-13-11(15)12(3)7-6-8-14(12)4/h10H,5-9H2,1-4H3,(H,13,15)/t10-,12?/m0/s1. The molecule has 0 aliphatic carbocycles. The van der Waals surface area contributed by atoms with Crippen LogP contribution in [0.1, 0.15) is 40.0 Å². The van der Waals surface area contributed by atoms with Crippen molar-refractivity contribution in [3.05, 3.63) is 0 Å². The summed E-state index contributed by atoms with van der Waals surface area (Å²) in [6.45, 7) is 8.21. The van der Waals surface area contributed by atoms with Crippen LogP contribution in [0.2, 0.25) is 0 Å². The quantitative estimate of drug-likeness (QED) is 0.768. The van der Waals surface area contributed by atoms with Gasteiger partial charge in [-0.1, -0.05) is 20.3 Å². The van der Waals surface area contributed by atoms with Gasteiger partial charge in [0.25, 0.3) is 0 Å². The smallest absolute Gasteiger partial charge is 0.240 e. The van der Waals surface area contributed by atoms with Crippen molar-refractivity contribution in [2.45, 2.75) is 45.6 Å². The molecule has 0 aromatic heterocycles. The lowest BCUT2D eigenvalue weighted by Gasteiger charge is -2.31. The number of carbonyl (C=O) groups is 1. The fraction of sp³-hybridized carbons (Fsp3) is 0.917. The molecule has 1 aliphatic rings. The highest BCUT2D eigenvalue weighted by Crippen LogP contribution is 2.27. The molecule has 3 heteroatoms. The van der Waals surface area contributed by atoms with Crippen molar-refractivity contribution in [3.8, 4) is 0 Å². The summed E-state index contributed by atoms with van der Waals surface area (Å²) in [4.78, 5) is 14.2. The van der Waals surface area contributed by atoms with Crippen molar-refractivity contribution < 1.29 is 4.79 Å². The minimum Gasteiger partial charge on any atom is -0.354 e. The Hall–Kier alpha value is -0.570. The van der Waals surface area contributed by atoms with Crippen LogP contribution in [0.4, 0.5) is 0 Å². The monoisotopic (exact) mass is 212 g/mol. The summed E-state index contributed by atoms with van der Waals surface area (Å²) < 4.78 is 0. The summed E-state index contributed by atoms with van der Waals surface area (Å²) in [6.07, 6.45) is 3.23. The minimum absolute atomic E-state index is 0.197. The third-order valence-electron chi connectivity index (χ3n) is 3.80. The van der Waals surface area contributed by atoms with Crippen LogP contribution in [-0.4, -0.2) is 36.5 Å². The average molecular weight is 212 g/mol. The molecule has 2 atom stereocenters. The summed E-state index contributed by atoms with van der Waals surface area (Å²) in [7, 11) is 2.04. The highest BCUT2D eigenvalue weighted by molar-refractivity contribution is 5.86. The molecule has 15 heavy (non-hydrogen) atoms. The first-order chi connectivity index (χ1) is 7.00. The molecule has 1 rings (SSSR count). The average Bonchev–Trinajstić information content (AvgIpc) is 2.56. The molecular formula is C12H24N2O. The Bertz CT molecular complexity index is 230. The second-order valence-corrected chi connectivity index (χ2v) is 5.02. The first-order valence-corrected chi connectivity index (χ1v) is 6.00. The number of nitrogens with zero attached hydrogens (tertiary/aromatic N) is 1. The first kappa shape index (κ1) is 12.5. The Morgan fingerprint density at radius 1 is 1.60 bits per heavy atom. The van der Waals surface area contributed by atoms with Gasteiger partial charge in [0.15, 0.2) is 0 Å². The van der Waals surface area contributed by atoms with Crippen molar-refractivity contribution in [1.29, 1.82) is 0 Å². The van der Waals surface area contributed by atoms with E-state index >= 15 is 0 Å². The molecule has 3 nitrogen and oxygen atoms in total. The van der Waals surface area contributed by atoms with Crippen molar-refractivity contribution in [2.75, 3.05) is 20.1 Å². The zero-order chi connectivity index (χ0) is 11.5. The molecule has 1 N–H and O–H groups in total. The van der Waals surface area contributed by atoms with Gasteiger partial charge in [-0.3, -0.25) is 9.69 Å². The van der Waals surface area contributed by atoms with Gasteiger partial charge >= 0.3 is 0 Å². The molecule has 1 unspecified atom stereocenters. The summed E-state index contributed by atoms with van der Waals surface area (Å²) >= 11 is 0. The third kappa shape index (κ3) is 2.71. The van der Waals surface area contributed by atoms with Crippen LogP contribution < -0.4 is 5.32 Å². The maximum Gasteiger partial charge on any atom is 0.240 e. The Kier molecular flexibility index (Phi) is 4.14. The number of likely N-dealkylation sites (tertiary alicyclic amines) is 1. The number of carbonyl (C=O) groups excluding carboxylic acids is 1. The van der Waals surface area contributed by atoms with Crippen LogP contribution >= 0.6 is 0 Å². The number of hydrogen-bond acceptors (Lipinski definition) is 2. The highest BCUT2D eigenvalue weighted by atomic mass is 16.2. The lowest BCUT2D eigenvalue weighted by Crippen LogP contribution is -2.52. The van der Waals surface area contributed by atoms with Crippen LogP contribution in [0.25, 0.3) is 0 Å². The summed E-state index contributed by atoms with van der Waals surface area (Å²) in [5.41, 5.74) is -0.270. The van der Waals surface area contributed by atoms with Gasteiger partial charge < -0.3 is 5.32 Å². The zero-order valence-corrected chi connectivity index (χ0v) is 10.5. The number of likely N-dealkylation sites (N-methyl/N-ethyl adjacent to an activating group) is 1. The lowest BCUT2D eigenvalue weighted by atomic mass is 9.97. The number of rotatable bonds is 4. The summed E-state index contributed by atoms with van der Waals surface area (Å²) in [6, 6.07) is 0. The van der Waals surface area contributed by atoms with Gasteiger partial charge in [0.1, 0.15) is 0 Å². The van der Waals surface area contributed by atoms with E-state index in [9.17, 15) is 4.79 Å². The SMILES string of the molecule is CC[C@H](C)CNC(=O)C1(C)CCCN1C. The molecular weight excluding hydrogens is 188 g/mol. The van der Waals surface area contributed by atoms with Crippen LogP contribution in [0, 0.1) is 5.92 Å². The normalized spacial score (nSPS) is 29.1. The van der Waals surface area contributed by atoms with Gasteiger partial charge in [0, 0.05) is 6.54 Å². The molecule has 0 aromatic carbocycles. The van der Waals surface area contributed by atoms with E-state index in [-0.39, 0.29) is 11.4 Å². The molecule has 0 radical (unpaired) electrons. The predicted octanol–water partition coefficient (Wildman–Crippen LogP) is 1.63. The summed E-state index contributed by atoms with van der Waals surface area (Å²) in [5.74, 6) is 0.770. The van der Waals surface area contributed by atoms with Gasteiger partial charge in [0.05, 0.1) is 5.54 Å². The second-order valence-electron chi connectivity index (χ2n) is 5.02. The highest BCUT2D eigenvalue weighted by Gasteiger charge is 2.40. The molecule has 0 saturated carbocycles. The van der Waals surface area contributed by atoms with Crippen LogP contribution in [0.5, 0.6) is 0 Å². The van der Waals surface area contributed by atoms with E-state index in [0.29, 0.717) is 5.92 Å². The fourth-order valence-electron chi connectivity index (χ4n) is 1.99. The van der Waals surface area contributed by atoms with Crippen molar-refractivity contribution >= 4 is 5.91 Å². The van der Waals surface area contributed by atoms with E-state index in [1.165, 1.54) is 0 Å². The van der Waals surface area contributed by atoms with Crippen molar-refractivity contribution in [3.63, 3.8) is 0 Å². The molecule has 0 aromatic rings. The van der Waals surface area contributed by atoms with Crippen LogP contribution in [0.15, 0.2) is 0 Å². The maximum absolute atomic E-state index is 12.0. The van der Waals surface area contributed by atoms with E-state index in [4.69, 9.17) is 0 Å². The molecule has 88 valence electrons. The first-order valence-electron chi connectivity index (χ1n) is 6.00. The maximum atomic E-state index is 12.0. The molecule has 0 bridgehead atoms. The molecule has 1 aliphatic heterocycles. The largest absolute Gasteiger partial charge is 0.354 e. The number of hydrogen-bond donors (Lipinski definition) is 1. The van der Waals surface area contributed by atoms with E-state index in [2.05, 4.69) is 24.1 Å². The Morgan fingerprint density at radius 3 is 2.73 bits per heavy atom. The predicted molar refractivity (Wildman–Crippen MR) is 62.7 cm³/mol. The number of nitrogens with one attached hydrogen (secondary N) is 1. The van der Waals surface area contributed by atoms with E-state index in [1.54, 1.807) is 0 Å². The second kappa shape index (κ2) is 4.97. The Morgan fingerprint density at radius 2 is 2.27 bits per heavy atom. The van der Waals surface area contributed by atoms with Gasteiger partial charge in [-0.05, 0) is 39.3 Å².